The number of aliphatic hydroxyl groups is 1. The zero-order valence-corrected chi connectivity index (χ0v) is 32.8. The standard InChI is InChI=1S/C40H42ClF3N8O4S/c1-18(53)25-16-55-34-28-32(30(44)27(29(34)41)22-5-6-24(43)35-26(22)23(12-45)36(46)57-35)48-39(56-17-40-8-2-9-51(40)15-21(42)11-40)49-37(28)52(25)14-19-7-10-50(13-19)38(54)33-31(47-33)20-3-4-20/h5-6,18-21,25,31,33,47,53H,2-4,7-11,13-17,46H2,1H3/t18?,19?,21-,25?,31+,33?,40+/m1/s1. The molecule has 17 heteroatoms. The van der Waals surface area contributed by atoms with Crippen LogP contribution in [0.1, 0.15) is 51.0 Å². The summed E-state index contributed by atoms with van der Waals surface area (Å²) in [7, 11) is 0. The molecule has 4 saturated heterocycles. The maximum atomic E-state index is 17.6. The molecule has 0 spiro atoms. The second kappa shape index (κ2) is 13.7. The first-order valence-electron chi connectivity index (χ1n) is 19.7. The van der Waals surface area contributed by atoms with E-state index in [4.69, 9.17) is 31.8 Å². The first kappa shape index (κ1) is 37.2. The van der Waals surface area contributed by atoms with E-state index in [1.54, 1.807) is 6.92 Å². The lowest BCUT2D eigenvalue weighted by molar-refractivity contribution is -0.129. The lowest BCUT2D eigenvalue weighted by Crippen LogP contribution is -2.48. The number of likely N-dealkylation sites (tertiary alicyclic amines) is 1. The molecule has 4 unspecified atom stereocenters. The number of halogens is 4. The molecule has 1 amide bonds. The second-order valence-electron chi connectivity index (χ2n) is 16.7. The second-order valence-corrected chi connectivity index (χ2v) is 18.1. The maximum absolute atomic E-state index is 17.6. The van der Waals surface area contributed by atoms with Gasteiger partial charge >= 0.3 is 6.01 Å². The van der Waals surface area contributed by atoms with Crippen molar-refractivity contribution < 1.29 is 32.5 Å². The molecule has 0 radical (unpaired) electrons. The molecule has 5 fully saturated rings. The molecule has 2 aromatic carbocycles. The van der Waals surface area contributed by atoms with Crippen molar-refractivity contribution >= 4 is 60.7 Å². The summed E-state index contributed by atoms with van der Waals surface area (Å²) in [4.78, 5) is 28.9. The van der Waals surface area contributed by atoms with Crippen molar-refractivity contribution in [2.45, 2.75) is 81.4 Å². The monoisotopic (exact) mass is 822 g/mol. The van der Waals surface area contributed by atoms with Crippen LogP contribution in [0.15, 0.2) is 12.1 Å². The number of nitrogens with one attached hydrogen (secondary N) is 1. The highest BCUT2D eigenvalue weighted by molar-refractivity contribution is 7.23. The number of nitrogens with two attached hydrogens (primary N) is 1. The summed E-state index contributed by atoms with van der Waals surface area (Å²) in [6, 6.07) is 3.85. The van der Waals surface area contributed by atoms with Gasteiger partial charge in [-0.2, -0.15) is 15.2 Å². The molecule has 1 saturated carbocycles. The summed E-state index contributed by atoms with van der Waals surface area (Å²) in [6.07, 6.45) is 2.99. The minimum atomic E-state index is -0.995. The van der Waals surface area contributed by atoms with Crippen molar-refractivity contribution in [1.82, 2.24) is 25.1 Å². The van der Waals surface area contributed by atoms with Crippen LogP contribution in [0.25, 0.3) is 32.1 Å². The van der Waals surface area contributed by atoms with Crippen molar-refractivity contribution in [3.05, 3.63) is 34.4 Å². The van der Waals surface area contributed by atoms with Crippen molar-refractivity contribution in [3.63, 3.8) is 0 Å². The highest BCUT2D eigenvalue weighted by Gasteiger charge is 2.53. The molecule has 300 valence electrons. The third-order valence-corrected chi connectivity index (χ3v) is 14.5. The van der Waals surface area contributed by atoms with Gasteiger partial charge in [-0.1, -0.05) is 17.7 Å². The van der Waals surface area contributed by atoms with Crippen LogP contribution in [-0.4, -0.2) is 113 Å². The molecule has 2 aromatic heterocycles. The number of carbonyl (C=O) groups is 1. The van der Waals surface area contributed by atoms with E-state index in [0.29, 0.717) is 44.9 Å². The molecule has 7 heterocycles. The number of aliphatic hydroxyl groups excluding tert-OH is 1. The number of aromatic nitrogens is 2. The number of hydrogen-bond acceptors (Lipinski definition) is 12. The van der Waals surface area contributed by atoms with E-state index in [1.165, 1.54) is 12.1 Å². The van der Waals surface area contributed by atoms with Gasteiger partial charge in [0.25, 0.3) is 0 Å². The maximum Gasteiger partial charge on any atom is 0.319 e. The van der Waals surface area contributed by atoms with Crippen molar-refractivity contribution in [1.29, 1.82) is 5.26 Å². The number of anilines is 2. The number of ether oxygens (including phenoxy) is 2. The van der Waals surface area contributed by atoms with Crippen LogP contribution in [0.5, 0.6) is 11.8 Å². The number of thiophene rings is 1. The molecular weight excluding hydrogens is 781 g/mol. The van der Waals surface area contributed by atoms with Crippen molar-refractivity contribution in [2.75, 3.05) is 56.6 Å². The fraction of sp³-hybridized carbons (Fsp3) is 0.550. The predicted molar refractivity (Wildman–Crippen MR) is 209 cm³/mol. The van der Waals surface area contributed by atoms with Gasteiger partial charge in [0.05, 0.1) is 38.4 Å². The number of amides is 1. The van der Waals surface area contributed by atoms with Gasteiger partial charge in [-0.05, 0) is 69.0 Å². The van der Waals surface area contributed by atoms with E-state index in [0.717, 1.165) is 43.6 Å². The van der Waals surface area contributed by atoms with Crippen LogP contribution in [0, 0.1) is 34.8 Å². The first-order valence-corrected chi connectivity index (χ1v) is 20.9. The van der Waals surface area contributed by atoms with Crippen LogP contribution in [-0.2, 0) is 4.79 Å². The normalized spacial score (nSPS) is 28.8. The van der Waals surface area contributed by atoms with Crippen LogP contribution in [0.2, 0.25) is 5.02 Å². The molecule has 4 N–H and O–H groups in total. The molecule has 57 heavy (non-hydrogen) atoms. The molecule has 12 nitrogen and oxygen atoms in total. The Morgan fingerprint density at radius 1 is 1.25 bits per heavy atom. The van der Waals surface area contributed by atoms with E-state index < -0.39 is 35.5 Å². The number of hydrogen-bond donors (Lipinski definition) is 3. The molecule has 6 aliphatic rings. The number of fused-ring (bicyclic) bond motifs is 2. The molecule has 10 rings (SSSR count). The Hall–Kier alpha value is -4.14. The van der Waals surface area contributed by atoms with Gasteiger partial charge in [-0.3, -0.25) is 15.0 Å². The van der Waals surface area contributed by atoms with Gasteiger partial charge in [-0.25, -0.2) is 13.2 Å². The average Bonchev–Trinajstić information content (AvgIpc) is 4.04. The summed E-state index contributed by atoms with van der Waals surface area (Å²) in [5.74, 6) is -0.533. The lowest BCUT2D eigenvalue weighted by atomic mass is 9.95. The quantitative estimate of drug-likeness (QED) is 0.186. The predicted octanol–water partition coefficient (Wildman–Crippen LogP) is 5.40. The third-order valence-electron chi connectivity index (χ3n) is 13.1. The van der Waals surface area contributed by atoms with E-state index in [9.17, 15) is 19.6 Å². The molecule has 7 atom stereocenters. The van der Waals surface area contributed by atoms with Crippen LogP contribution < -0.4 is 25.4 Å². The molecule has 4 aromatic rings. The minimum absolute atomic E-state index is 0.00712. The van der Waals surface area contributed by atoms with Crippen molar-refractivity contribution in [3.8, 4) is 29.0 Å². The number of rotatable bonds is 9. The van der Waals surface area contributed by atoms with Gasteiger partial charge < -0.3 is 30.1 Å². The number of nitrogens with zero attached hydrogens (tertiary/aromatic N) is 6. The average molecular weight is 823 g/mol. The summed E-state index contributed by atoms with van der Waals surface area (Å²) < 4.78 is 60.3. The number of carbonyl (C=O) groups excluding carboxylic acids is 1. The van der Waals surface area contributed by atoms with Crippen molar-refractivity contribution in [2.24, 2.45) is 11.8 Å². The van der Waals surface area contributed by atoms with E-state index in [-0.39, 0.29) is 102 Å². The number of nitrogen functional groups attached to an aromatic ring is 1. The largest absolute Gasteiger partial charge is 0.489 e. The third kappa shape index (κ3) is 6.06. The molecule has 0 bridgehead atoms. The molecular formula is C40H42ClF3N8O4S. The SMILES string of the molecule is CC(O)C1COc2c(Cl)c(-c3ccc(F)c4sc(N)c(C#N)c34)c(F)c3nc(OC[C@@]45CCCN4C[C@H](F)C5)nc(c23)N1CC1CCN(C(=O)C2N[C@H]2C2CC2)C1. The zero-order chi connectivity index (χ0) is 39.5. The topological polar surface area (TPSA) is 163 Å². The Balaban J connectivity index is 1.10. The van der Waals surface area contributed by atoms with Crippen LogP contribution in [0.3, 0.4) is 0 Å². The Kier molecular flexibility index (Phi) is 8.95. The van der Waals surface area contributed by atoms with Crippen LogP contribution >= 0.6 is 22.9 Å². The van der Waals surface area contributed by atoms with E-state index in [2.05, 4.69) is 15.2 Å². The number of benzene rings is 2. The van der Waals surface area contributed by atoms with Gasteiger partial charge in [0.2, 0.25) is 5.91 Å². The van der Waals surface area contributed by atoms with Gasteiger partial charge in [0.1, 0.15) is 53.6 Å². The molecule has 5 aliphatic heterocycles. The number of nitriles is 1. The molecule has 1 aliphatic carbocycles. The highest BCUT2D eigenvalue weighted by Crippen LogP contribution is 2.52. The van der Waals surface area contributed by atoms with Gasteiger partial charge in [-0.15, -0.1) is 11.3 Å². The minimum Gasteiger partial charge on any atom is -0.489 e. The smallest absolute Gasteiger partial charge is 0.319 e. The lowest BCUT2D eigenvalue weighted by Gasteiger charge is -2.35. The fourth-order valence-electron chi connectivity index (χ4n) is 9.97. The van der Waals surface area contributed by atoms with Gasteiger partial charge in [0.15, 0.2) is 11.6 Å². The summed E-state index contributed by atoms with van der Waals surface area (Å²) in [6.45, 7) is 4.16. The Morgan fingerprint density at radius 2 is 2.07 bits per heavy atom. The summed E-state index contributed by atoms with van der Waals surface area (Å²) in [5, 5.41) is 24.9. The summed E-state index contributed by atoms with van der Waals surface area (Å²) in [5.41, 5.74) is 5.36. The summed E-state index contributed by atoms with van der Waals surface area (Å²) >= 11 is 8.04. The van der Waals surface area contributed by atoms with Gasteiger partial charge in [0, 0.05) is 49.6 Å². The number of alkyl halides is 1. The Bertz CT molecular complexity index is 2370. The van der Waals surface area contributed by atoms with E-state index >= 15 is 8.78 Å². The fourth-order valence-corrected chi connectivity index (χ4v) is 11.3. The Labute approximate surface area is 335 Å². The first-order chi connectivity index (χ1) is 27.5. The Morgan fingerprint density at radius 3 is 2.84 bits per heavy atom. The van der Waals surface area contributed by atoms with Crippen LogP contribution in [0.4, 0.5) is 24.0 Å². The highest BCUT2D eigenvalue weighted by atomic mass is 35.5. The van der Waals surface area contributed by atoms with E-state index in [1.807, 2.05) is 15.9 Å². The zero-order valence-electron chi connectivity index (χ0n) is 31.2.